The summed E-state index contributed by atoms with van der Waals surface area (Å²) in [4.78, 5) is 28.6. The highest BCUT2D eigenvalue weighted by atomic mass is 32.2. The number of benzene rings is 1. The van der Waals surface area contributed by atoms with Crippen LogP contribution in [0.5, 0.6) is 0 Å². The van der Waals surface area contributed by atoms with Gasteiger partial charge in [0.1, 0.15) is 6.04 Å². The smallest absolute Gasteiger partial charge is 0.338 e. The van der Waals surface area contributed by atoms with Crippen molar-refractivity contribution in [1.82, 2.24) is 14.8 Å². The fourth-order valence-electron chi connectivity index (χ4n) is 3.00. The minimum Gasteiger partial charge on any atom is -0.468 e. The van der Waals surface area contributed by atoms with Crippen LogP contribution in [-0.2, 0) is 19.1 Å². The van der Waals surface area contributed by atoms with Crippen LogP contribution in [0.3, 0.4) is 0 Å². The molecule has 2 heterocycles. The van der Waals surface area contributed by atoms with Crippen LogP contribution in [0.1, 0.15) is 31.0 Å². The zero-order valence-corrected chi connectivity index (χ0v) is 17.0. The molecular weight excluding hydrogens is 380 g/mol. The highest BCUT2D eigenvalue weighted by molar-refractivity contribution is 7.99. The second kappa shape index (κ2) is 8.47. The standard InChI is InChI=1S/C19H22N4O4S/c1-5-27-17(25)15-12(3)20-18-21-19(28-10-14(24)26-4)22-23(18)16(15)13-8-6-7-11(2)9-13/h6-9,16H,5,10H2,1-4H3,(H,20,21,22)/t16-/m0/s1. The number of nitrogens with one attached hydrogen (secondary N) is 1. The van der Waals surface area contributed by atoms with Crippen molar-refractivity contribution in [2.24, 2.45) is 0 Å². The van der Waals surface area contributed by atoms with Gasteiger partial charge in [0.25, 0.3) is 0 Å². The maximum atomic E-state index is 12.7. The lowest BCUT2D eigenvalue weighted by Gasteiger charge is -2.28. The first kappa shape index (κ1) is 19.9. The van der Waals surface area contributed by atoms with E-state index in [1.54, 1.807) is 11.6 Å². The van der Waals surface area contributed by atoms with Gasteiger partial charge in [0.05, 0.1) is 25.0 Å². The minimum atomic E-state index is -0.477. The van der Waals surface area contributed by atoms with Gasteiger partial charge in [-0.3, -0.25) is 4.79 Å². The molecule has 1 aromatic carbocycles. The summed E-state index contributed by atoms with van der Waals surface area (Å²) in [7, 11) is 1.34. The fraction of sp³-hybridized carbons (Fsp3) is 0.368. The molecular formula is C19H22N4O4S. The predicted octanol–water partition coefficient (Wildman–Crippen LogP) is 2.70. The lowest BCUT2D eigenvalue weighted by Crippen LogP contribution is -2.29. The summed E-state index contributed by atoms with van der Waals surface area (Å²) in [6.07, 6.45) is 0. The Bertz CT molecular complexity index is 938. The van der Waals surface area contributed by atoms with E-state index in [4.69, 9.17) is 4.74 Å². The third-order valence-corrected chi connectivity index (χ3v) is 5.04. The monoisotopic (exact) mass is 402 g/mol. The number of nitrogens with zero attached hydrogens (tertiary/aromatic N) is 3. The number of carbonyl (C=O) groups excluding carboxylic acids is 2. The topological polar surface area (TPSA) is 95.3 Å². The van der Waals surface area contributed by atoms with Crippen LogP contribution in [0.2, 0.25) is 0 Å². The minimum absolute atomic E-state index is 0.103. The van der Waals surface area contributed by atoms with Crippen LogP contribution < -0.4 is 5.32 Å². The van der Waals surface area contributed by atoms with Gasteiger partial charge in [0, 0.05) is 5.70 Å². The highest BCUT2D eigenvalue weighted by Crippen LogP contribution is 2.36. The zero-order valence-electron chi connectivity index (χ0n) is 16.2. The first-order chi connectivity index (χ1) is 13.4. The molecule has 0 radical (unpaired) electrons. The van der Waals surface area contributed by atoms with Crippen molar-refractivity contribution in [3.8, 4) is 0 Å². The summed E-state index contributed by atoms with van der Waals surface area (Å²) in [6.45, 7) is 5.86. The Morgan fingerprint density at radius 2 is 2.11 bits per heavy atom. The van der Waals surface area contributed by atoms with E-state index >= 15 is 0 Å². The van der Waals surface area contributed by atoms with Gasteiger partial charge < -0.3 is 14.8 Å². The predicted molar refractivity (Wildman–Crippen MR) is 105 cm³/mol. The SMILES string of the molecule is CCOC(=O)C1=C(C)Nc2nc(SCC(=O)OC)nn2[C@H]1c1cccc(C)c1. The van der Waals surface area contributed by atoms with Crippen LogP contribution >= 0.6 is 11.8 Å². The quantitative estimate of drug-likeness (QED) is 0.582. The molecule has 8 nitrogen and oxygen atoms in total. The number of allylic oxidation sites excluding steroid dienone is 1. The normalized spacial score (nSPS) is 15.6. The first-order valence-corrected chi connectivity index (χ1v) is 9.80. The molecule has 0 aliphatic carbocycles. The Kier molecular flexibility index (Phi) is 6.03. The molecule has 0 spiro atoms. The maximum absolute atomic E-state index is 12.7. The van der Waals surface area contributed by atoms with Crippen molar-refractivity contribution in [2.45, 2.75) is 32.0 Å². The van der Waals surface area contributed by atoms with Crippen LogP contribution in [0.25, 0.3) is 0 Å². The molecule has 0 amide bonds. The number of ether oxygens (including phenoxy) is 2. The van der Waals surface area contributed by atoms with E-state index in [0.717, 1.165) is 11.1 Å². The summed E-state index contributed by atoms with van der Waals surface area (Å²) in [5.41, 5.74) is 3.11. The number of carbonyl (C=O) groups is 2. The second-order valence-electron chi connectivity index (χ2n) is 6.23. The number of fused-ring (bicyclic) bond motifs is 1. The van der Waals surface area contributed by atoms with Crippen molar-refractivity contribution in [2.75, 3.05) is 24.8 Å². The zero-order chi connectivity index (χ0) is 20.3. The van der Waals surface area contributed by atoms with E-state index in [2.05, 4.69) is 20.1 Å². The molecule has 1 aliphatic heterocycles. The Morgan fingerprint density at radius 1 is 1.32 bits per heavy atom. The second-order valence-corrected chi connectivity index (χ2v) is 7.17. The van der Waals surface area contributed by atoms with E-state index in [0.29, 0.717) is 22.4 Å². The molecule has 3 rings (SSSR count). The number of hydrogen-bond donors (Lipinski definition) is 1. The summed E-state index contributed by atoms with van der Waals surface area (Å²) in [5, 5.41) is 8.07. The summed E-state index contributed by atoms with van der Waals surface area (Å²) in [5.74, 6) is -0.150. The number of aromatic nitrogens is 3. The van der Waals surface area contributed by atoms with Gasteiger partial charge in [-0.25, -0.2) is 9.48 Å². The molecule has 148 valence electrons. The van der Waals surface area contributed by atoms with Crippen molar-refractivity contribution < 1.29 is 19.1 Å². The number of anilines is 1. The largest absolute Gasteiger partial charge is 0.468 e. The molecule has 1 aliphatic rings. The highest BCUT2D eigenvalue weighted by Gasteiger charge is 2.35. The van der Waals surface area contributed by atoms with Crippen molar-refractivity contribution >= 4 is 29.6 Å². The Hall–Kier alpha value is -2.81. The molecule has 1 atom stereocenters. The summed E-state index contributed by atoms with van der Waals surface area (Å²) >= 11 is 1.18. The number of hydrogen-bond acceptors (Lipinski definition) is 8. The molecule has 0 unspecified atom stereocenters. The van der Waals surface area contributed by atoms with Crippen LogP contribution in [0.4, 0.5) is 5.95 Å². The van der Waals surface area contributed by atoms with E-state index < -0.39 is 12.0 Å². The summed E-state index contributed by atoms with van der Waals surface area (Å²) in [6, 6.07) is 7.41. The number of methoxy groups -OCH3 is 1. The third kappa shape index (κ3) is 4.04. The van der Waals surface area contributed by atoms with Crippen LogP contribution in [-0.4, -0.2) is 46.2 Å². The molecule has 0 saturated heterocycles. The fourth-order valence-corrected chi connectivity index (χ4v) is 3.66. The third-order valence-electron chi connectivity index (χ3n) is 4.23. The Labute approximate surface area is 167 Å². The average molecular weight is 402 g/mol. The van der Waals surface area contributed by atoms with Crippen molar-refractivity contribution in [1.29, 1.82) is 0 Å². The molecule has 0 saturated carbocycles. The lowest BCUT2D eigenvalue weighted by molar-refractivity contribution is -0.139. The van der Waals surface area contributed by atoms with Crippen LogP contribution in [0, 0.1) is 6.92 Å². The molecule has 2 aromatic rings. The molecule has 0 fully saturated rings. The Morgan fingerprint density at radius 3 is 2.79 bits per heavy atom. The molecule has 9 heteroatoms. The van der Waals surface area contributed by atoms with E-state index in [1.165, 1.54) is 18.9 Å². The van der Waals surface area contributed by atoms with Crippen molar-refractivity contribution in [3.05, 3.63) is 46.7 Å². The molecule has 0 bridgehead atoms. The summed E-state index contributed by atoms with van der Waals surface area (Å²) < 4.78 is 11.6. The number of thioether (sulfide) groups is 1. The number of aryl methyl sites for hydroxylation is 1. The van der Waals surface area contributed by atoms with E-state index in [1.807, 2.05) is 38.1 Å². The van der Waals surface area contributed by atoms with E-state index in [-0.39, 0.29) is 18.3 Å². The molecule has 1 N–H and O–H groups in total. The van der Waals surface area contributed by atoms with Gasteiger partial charge in [-0.2, -0.15) is 4.98 Å². The van der Waals surface area contributed by atoms with E-state index in [9.17, 15) is 9.59 Å². The van der Waals surface area contributed by atoms with Gasteiger partial charge >= 0.3 is 11.9 Å². The van der Waals surface area contributed by atoms with Gasteiger partial charge in [0.2, 0.25) is 11.1 Å². The van der Waals surface area contributed by atoms with Gasteiger partial charge in [-0.15, -0.1) is 5.10 Å². The number of esters is 2. The van der Waals surface area contributed by atoms with Gasteiger partial charge in [-0.1, -0.05) is 41.6 Å². The van der Waals surface area contributed by atoms with Gasteiger partial charge in [0.15, 0.2) is 0 Å². The Balaban J connectivity index is 2.04. The van der Waals surface area contributed by atoms with Gasteiger partial charge in [-0.05, 0) is 26.3 Å². The molecule has 28 heavy (non-hydrogen) atoms. The average Bonchev–Trinajstić information content (AvgIpc) is 3.07. The van der Waals surface area contributed by atoms with Crippen molar-refractivity contribution in [3.63, 3.8) is 0 Å². The molecule has 1 aromatic heterocycles. The maximum Gasteiger partial charge on any atom is 0.338 e. The number of rotatable bonds is 6. The first-order valence-electron chi connectivity index (χ1n) is 8.82. The lowest BCUT2D eigenvalue weighted by atomic mass is 9.95. The van der Waals surface area contributed by atoms with Crippen LogP contribution in [0.15, 0.2) is 40.7 Å².